The second kappa shape index (κ2) is 7.05. The van der Waals surface area contributed by atoms with Crippen LogP contribution >= 0.6 is 0 Å². The summed E-state index contributed by atoms with van der Waals surface area (Å²) in [4.78, 5) is 13.6. The molecule has 2 saturated carbocycles. The van der Waals surface area contributed by atoms with Crippen LogP contribution < -0.4 is 0 Å². The Morgan fingerprint density at radius 1 is 1.10 bits per heavy atom. The van der Waals surface area contributed by atoms with Gasteiger partial charge in [-0.2, -0.15) is 0 Å². The maximum atomic E-state index is 13.6. The summed E-state index contributed by atoms with van der Waals surface area (Å²) in [6.07, 6.45) is -4.20. The Labute approximate surface area is 207 Å². The number of hydrogen-bond acceptors (Lipinski definition) is 7. The molecule has 3 aliphatic carbocycles. The molecule has 1 saturated heterocycles. The summed E-state index contributed by atoms with van der Waals surface area (Å²) >= 11 is 0. The van der Waals surface area contributed by atoms with Gasteiger partial charge in [-0.15, -0.1) is 0 Å². The van der Waals surface area contributed by atoms with Gasteiger partial charge in [0.2, 0.25) is 0 Å². The van der Waals surface area contributed by atoms with Crippen LogP contribution in [0.25, 0.3) is 0 Å². The molecule has 7 unspecified atom stereocenters. The Hall–Kier alpha value is 0.612. The number of hydrogen-bond donors (Lipinski definition) is 5. The van der Waals surface area contributed by atoms with E-state index in [0.717, 1.165) is 0 Å². The first-order valence-corrected chi connectivity index (χ1v) is 10.1. The van der Waals surface area contributed by atoms with Gasteiger partial charge >= 0.3 is 0 Å². The number of carbonyl (C=O) groups excluding carboxylic acids is 1. The minimum absolute atomic E-state index is 0. The summed E-state index contributed by atoms with van der Waals surface area (Å²) in [6, 6.07) is 0. The molecule has 0 aromatic carbocycles. The van der Waals surface area contributed by atoms with Crippen molar-refractivity contribution in [2.45, 2.75) is 83.1 Å². The molecule has 4 aliphatic rings. The van der Waals surface area contributed by atoms with Crippen molar-refractivity contribution in [1.82, 2.24) is 0 Å². The monoisotopic (exact) mass is 623 g/mol. The molecule has 2 bridgehead atoms. The van der Waals surface area contributed by atoms with Crippen molar-refractivity contribution < 1.29 is 79.1 Å². The summed E-state index contributed by atoms with van der Waals surface area (Å²) in [6.45, 7) is 8.58. The molecule has 161 valence electrons. The van der Waals surface area contributed by atoms with Gasteiger partial charge in [0.05, 0.1) is 35.9 Å². The molecule has 0 spiro atoms. The SMILES string of the molecule is CC1=C2C(O)C(=O)[C@]3(C)C(O)CC4OCC4(O)C3[C@H](C)C(O)(CC1O)C2(C)C.[Ac]. The van der Waals surface area contributed by atoms with Crippen molar-refractivity contribution in [1.29, 1.82) is 0 Å². The van der Waals surface area contributed by atoms with E-state index in [-0.39, 0.29) is 63.5 Å². The predicted octanol–water partition coefficient (Wildman–Crippen LogP) is -0.0785. The number of aliphatic hydroxyl groups excluding tert-OH is 3. The molecule has 9 atom stereocenters. The number of ketones is 1. The first kappa shape index (κ1) is 24.3. The minimum Gasteiger partial charge on any atom is -0.392 e. The van der Waals surface area contributed by atoms with Crippen LogP contribution in [0.2, 0.25) is 0 Å². The second-order valence-electron chi connectivity index (χ2n) is 10.2. The van der Waals surface area contributed by atoms with Crippen molar-refractivity contribution in [3.05, 3.63) is 11.1 Å². The second-order valence-corrected chi connectivity index (χ2v) is 10.2. The molecule has 1 radical (unpaired) electrons. The molecule has 1 aliphatic heterocycles. The summed E-state index contributed by atoms with van der Waals surface area (Å²) < 4.78 is 5.49. The zero-order chi connectivity index (χ0) is 21.0. The van der Waals surface area contributed by atoms with Crippen LogP contribution in [0.15, 0.2) is 11.1 Å². The van der Waals surface area contributed by atoms with E-state index in [1.807, 2.05) is 0 Å². The molecule has 1 heterocycles. The van der Waals surface area contributed by atoms with Gasteiger partial charge in [-0.25, -0.2) is 0 Å². The van der Waals surface area contributed by atoms with Crippen molar-refractivity contribution in [3.63, 3.8) is 0 Å². The fourth-order valence-electron chi connectivity index (χ4n) is 7.00. The van der Waals surface area contributed by atoms with Gasteiger partial charge in [0, 0.05) is 68.2 Å². The van der Waals surface area contributed by atoms with Crippen LogP contribution in [0.5, 0.6) is 0 Å². The zero-order valence-corrected chi connectivity index (χ0v) is 22.5. The molecular weight excluding hydrogens is 591 g/mol. The number of carbonyl (C=O) groups is 1. The first-order valence-electron chi connectivity index (χ1n) is 10.1. The molecule has 29 heavy (non-hydrogen) atoms. The van der Waals surface area contributed by atoms with Crippen molar-refractivity contribution in [2.24, 2.45) is 22.7 Å². The summed E-state index contributed by atoms with van der Waals surface area (Å²) in [7, 11) is 0. The Balaban J connectivity index is 0.00000240. The van der Waals surface area contributed by atoms with Gasteiger partial charge < -0.3 is 30.3 Å². The number of rotatable bonds is 0. The van der Waals surface area contributed by atoms with E-state index < -0.39 is 64.1 Å². The van der Waals surface area contributed by atoms with Crippen molar-refractivity contribution >= 4 is 5.78 Å². The van der Waals surface area contributed by atoms with Crippen molar-refractivity contribution in [2.75, 3.05) is 6.61 Å². The molecule has 7 nitrogen and oxygen atoms in total. The zero-order valence-electron chi connectivity index (χ0n) is 17.7. The normalized spacial score (nSPS) is 53.7. The smallest absolute Gasteiger partial charge is 0.174 e. The van der Waals surface area contributed by atoms with Crippen LogP contribution in [0.3, 0.4) is 0 Å². The average Bonchev–Trinajstić information content (AvgIpc) is 2.60. The Kier molecular flexibility index (Phi) is 5.90. The Bertz CT molecular complexity index is 766. The van der Waals surface area contributed by atoms with E-state index in [9.17, 15) is 30.3 Å². The van der Waals surface area contributed by atoms with E-state index in [1.54, 1.807) is 34.6 Å². The topological polar surface area (TPSA) is 127 Å². The van der Waals surface area contributed by atoms with E-state index in [2.05, 4.69) is 0 Å². The van der Waals surface area contributed by atoms with Gasteiger partial charge in [0.25, 0.3) is 0 Å². The summed E-state index contributed by atoms with van der Waals surface area (Å²) in [5.41, 5.74) is -4.54. The third-order valence-corrected chi connectivity index (χ3v) is 8.88. The van der Waals surface area contributed by atoms with Crippen LogP contribution in [0, 0.1) is 66.7 Å². The largest absolute Gasteiger partial charge is 0.392 e. The molecule has 0 aromatic heterocycles. The maximum Gasteiger partial charge on any atom is 0.174 e. The molecule has 3 fully saturated rings. The number of ether oxygens (including phenoxy) is 1. The van der Waals surface area contributed by atoms with Crippen molar-refractivity contribution in [3.8, 4) is 0 Å². The average molecular weight is 623 g/mol. The maximum absolute atomic E-state index is 13.6. The van der Waals surface area contributed by atoms with Gasteiger partial charge in [0.15, 0.2) is 5.78 Å². The van der Waals surface area contributed by atoms with E-state index in [1.165, 1.54) is 0 Å². The number of aliphatic hydroxyl groups is 5. The molecule has 0 amide bonds. The van der Waals surface area contributed by atoms with Crippen LogP contribution in [0.4, 0.5) is 0 Å². The van der Waals surface area contributed by atoms with E-state index in [0.29, 0.717) is 11.1 Å². The van der Waals surface area contributed by atoms with Gasteiger partial charge in [-0.05, 0) is 30.9 Å². The predicted molar refractivity (Wildman–Crippen MR) is 99.1 cm³/mol. The third kappa shape index (κ3) is 2.70. The Morgan fingerprint density at radius 3 is 2.21 bits per heavy atom. The quantitative estimate of drug-likeness (QED) is 0.239. The fraction of sp³-hybridized carbons (Fsp3) is 0.857. The fourth-order valence-corrected chi connectivity index (χ4v) is 7.00. The number of Topliss-reactive ketones (excluding diaryl/α,β-unsaturated/α-hetero) is 1. The van der Waals surface area contributed by atoms with Crippen LogP contribution in [-0.4, -0.2) is 73.5 Å². The van der Waals surface area contributed by atoms with E-state index in [4.69, 9.17) is 4.74 Å². The van der Waals surface area contributed by atoms with Crippen LogP contribution in [0.1, 0.15) is 47.5 Å². The van der Waals surface area contributed by atoms with Gasteiger partial charge in [0.1, 0.15) is 11.7 Å². The van der Waals surface area contributed by atoms with Gasteiger partial charge in [-0.1, -0.05) is 20.8 Å². The first-order chi connectivity index (χ1) is 12.7. The molecule has 5 N–H and O–H groups in total. The minimum atomic E-state index is -1.58. The molecular formula is C21H32AcO7. The van der Waals surface area contributed by atoms with Crippen LogP contribution in [-0.2, 0) is 9.53 Å². The summed E-state index contributed by atoms with van der Waals surface area (Å²) in [5, 5.41) is 56.1. The van der Waals surface area contributed by atoms with Gasteiger partial charge in [-0.3, -0.25) is 4.79 Å². The number of fused-ring (bicyclic) bond motifs is 5. The van der Waals surface area contributed by atoms with E-state index >= 15 is 0 Å². The third-order valence-electron chi connectivity index (χ3n) is 8.88. The molecule has 4 rings (SSSR count). The summed E-state index contributed by atoms with van der Waals surface area (Å²) in [5.74, 6) is -2.05. The standard InChI is InChI=1S/C21H32O7.Ac/c1-9-11(22)7-21(27)10(2)16-19(5,12(23)6-13-20(16,26)8-28-13)17(25)15(24)14(9)18(21,3)4;/h10-13,15-16,22-24,26-27H,6-8H2,1-5H3;/t10-,11?,12?,13?,15?,16?,19+,20?,21?;/m0./s1. The Morgan fingerprint density at radius 2 is 1.69 bits per heavy atom. The molecule has 8 heteroatoms. The molecule has 0 aromatic rings.